The van der Waals surface area contributed by atoms with Crippen LogP contribution >= 0.6 is 24.0 Å². The Bertz CT molecular complexity index is 708. The average molecular weight is 487 g/mol. The molecule has 0 amide bonds. The number of rotatable bonds is 8. The maximum atomic E-state index is 5.39. The molecule has 2 unspecified atom stereocenters. The van der Waals surface area contributed by atoms with E-state index < -0.39 is 0 Å². The van der Waals surface area contributed by atoms with Crippen LogP contribution in [0.4, 0.5) is 0 Å². The second kappa shape index (κ2) is 11.4. The lowest BCUT2D eigenvalue weighted by molar-refractivity contribution is 0.510. The van der Waals surface area contributed by atoms with Gasteiger partial charge in [0.25, 0.3) is 0 Å². The first-order valence-electron chi connectivity index (χ1n) is 9.49. The fourth-order valence-electron chi connectivity index (χ4n) is 2.90. The lowest BCUT2D eigenvalue weighted by Crippen LogP contribution is -2.46. The second-order valence-electron chi connectivity index (χ2n) is 7.04. The third kappa shape index (κ3) is 7.20. The van der Waals surface area contributed by atoms with Gasteiger partial charge < -0.3 is 15.1 Å². The third-order valence-electron chi connectivity index (χ3n) is 4.76. The standard InChI is InChI=1S/C20H33N5O.HI/c1-7-14(2)22-20(21-11-10-18-9-8-12-26-18)23-15(3)13-19-16(4)24-25(6)17(19)5;/h8-9,12,14-15H,7,10-11,13H2,1-6H3,(H2,21,22,23);1H. The molecule has 2 aromatic rings. The monoisotopic (exact) mass is 487 g/mol. The highest BCUT2D eigenvalue weighted by Gasteiger charge is 2.14. The minimum Gasteiger partial charge on any atom is -0.469 e. The van der Waals surface area contributed by atoms with Gasteiger partial charge in [-0.2, -0.15) is 5.10 Å². The molecule has 0 aliphatic heterocycles. The van der Waals surface area contributed by atoms with Crippen molar-refractivity contribution in [3.05, 3.63) is 41.1 Å². The van der Waals surface area contributed by atoms with Crippen molar-refractivity contribution in [1.82, 2.24) is 20.4 Å². The topological polar surface area (TPSA) is 67.4 Å². The van der Waals surface area contributed by atoms with Gasteiger partial charge in [0.15, 0.2) is 5.96 Å². The van der Waals surface area contributed by atoms with Crippen LogP contribution in [0.15, 0.2) is 27.8 Å². The lowest BCUT2D eigenvalue weighted by Gasteiger charge is -2.21. The van der Waals surface area contributed by atoms with Crippen molar-refractivity contribution in [2.45, 2.75) is 66.0 Å². The minimum atomic E-state index is 0. The molecule has 0 spiro atoms. The zero-order valence-corrected chi connectivity index (χ0v) is 19.7. The molecule has 2 heterocycles. The van der Waals surface area contributed by atoms with Gasteiger partial charge >= 0.3 is 0 Å². The Morgan fingerprint density at radius 1 is 1.26 bits per heavy atom. The van der Waals surface area contributed by atoms with E-state index in [1.54, 1.807) is 6.26 Å². The maximum absolute atomic E-state index is 5.39. The van der Waals surface area contributed by atoms with Crippen LogP contribution in [0.2, 0.25) is 0 Å². The first-order valence-corrected chi connectivity index (χ1v) is 9.49. The van der Waals surface area contributed by atoms with Gasteiger partial charge in [-0.05, 0) is 58.2 Å². The predicted octanol–water partition coefficient (Wildman–Crippen LogP) is 3.76. The molecule has 0 fully saturated rings. The largest absolute Gasteiger partial charge is 0.469 e. The van der Waals surface area contributed by atoms with Crippen LogP contribution in [0, 0.1) is 13.8 Å². The summed E-state index contributed by atoms with van der Waals surface area (Å²) in [5.74, 6) is 1.82. The Hall–Kier alpha value is -1.51. The van der Waals surface area contributed by atoms with Gasteiger partial charge in [0.05, 0.1) is 12.0 Å². The summed E-state index contributed by atoms with van der Waals surface area (Å²) in [6, 6.07) is 4.53. The van der Waals surface area contributed by atoms with E-state index in [0.29, 0.717) is 12.6 Å². The Kier molecular flexibility index (Phi) is 9.90. The summed E-state index contributed by atoms with van der Waals surface area (Å²) >= 11 is 0. The molecule has 0 aromatic carbocycles. The molecule has 2 aromatic heterocycles. The zero-order chi connectivity index (χ0) is 19.1. The van der Waals surface area contributed by atoms with E-state index in [4.69, 9.17) is 9.41 Å². The number of aryl methyl sites for hydroxylation is 2. The Labute approximate surface area is 180 Å². The van der Waals surface area contributed by atoms with Crippen molar-refractivity contribution in [2.75, 3.05) is 6.54 Å². The zero-order valence-electron chi connectivity index (χ0n) is 17.4. The molecule has 0 aliphatic rings. The minimum absolute atomic E-state index is 0. The summed E-state index contributed by atoms with van der Waals surface area (Å²) < 4.78 is 7.34. The SMILES string of the molecule is CCC(C)NC(=NCCc1ccco1)NC(C)Cc1c(C)nn(C)c1C.I. The van der Waals surface area contributed by atoms with Crippen molar-refractivity contribution >= 4 is 29.9 Å². The Balaban J connectivity index is 0.00000364. The summed E-state index contributed by atoms with van der Waals surface area (Å²) in [7, 11) is 2.00. The van der Waals surface area contributed by atoms with Crippen LogP contribution in [0.25, 0.3) is 0 Å². The number of aromatic nitrogens is 2. The smallest absolute Gasteiger partial charge is 0.191 e. The van der Waals surface area contributed by atoms with Gasteiger partial charge in [-0.1, -0.05) is 6.92 Å². The lowest BCUT2D eigenvalue weighted by atomic mass is 10.1. The number of guanidine groups is 1. The van der Waals surface area contributed by atoms with Crippen LogP contribution in [0.3, 0.4) is 0 Å². The molecule has 0 saturated heterocycles. The average Bonchev–Trinajstić information content (AvgIpc) is 3.19. The Morgan fingerprint density at radius 3 is 2.52 bits per heavy atom. The van der Waals surface area contributed by atoms with E-state index in [0.717, 1.165) is 36.7 Å². The second-order valence-corrected chi connectivity index (χ2v) is 7.04. The highest BCUT2D eigenvalue weighted by Crippen LogP contribution is 2.14. The fraction of sp³-hybridized carbons (Fsp3) is 0.600. The summed E-state index contributed by atoms with van der Waals surface area (Å²) in [5, 5.41) is 11.5. The van der Waals surface area contributed by atoms with Crippen LogP contribution in [0.1, 0.15) is 49.9 Å². The molecule has 6 nitrogen and oxygen atoms in total. The number of halogens is 1. The third-order valence-corrected chi connectivity index (χ3v) is 4.76. The molecule has 0 radical (unpaired) electrons. The number of furan rings is 1. The van der Waals surface area contributed by atoms with E-state index >= 15 is 0 Å². The van der Waals surface area contributed by atoms with Crippen molar-refractivity contribution in [1.29, 1.82) is 0 Å². The van der Waals surface area contributed by atoms with Gasteiger partial charge in [-0.25, -0.2) is 0 Å². The quantitative estimate of drug-likeness (QED) is 0.338. The van der Waals surface area contributed by atoms with E-state index in [2.05, 4.69) is 50.4 Å². The molecule has 152 valence electrons. The Morgan fingerprint density at radius 2 is 1.96 bits per heavy atom. The van der Waals surface area contributed by atoms with Gasteiger partial charge in [0.2, 0.25) is 0 Å². The van der Waals surface area contributed by atoms with Gasteiger partial charge in [-0.15, -0.1) is 24.0 Å². The number of nitrogens with zero attached hydrogens (tertiary/aromatic N) is 3. The number of nitrogens with one attached hydrogen (secondary N) is 2. The van der Waals surface area contributed by atoms with Crippen molar-refractivity contribution in [3.63, 3.8) is 0 Å². The number of hydrogen-bond acceptors (Lipinski definition) is 3. The predicted molar refractivity (Wildman–Crippen MR) is 122 cm³/mol. The maximum Gasteiger partial charge on any atom is 0.191 e. The van der Waals surface area contributed by atoms with Gasteiger partial charge in [0.1, 0.15) is 5.76 Å². The summed E-state index contributed by atoms with van der Waals surface area (Å²) in [4.78, 5) is 4.73. The first kappa shape index (κ1) is 23.5. The van der Waals surface area contributed by atoms with E-state index in [1.165, 1.54) is 11.3 Å². The molecular formula is C20H34IN5O. The molecule has 2 atom stereocenters. The van der Waals surface area contributed by atoms with Crippen LogP contribution in [-0.4, -0.2) is 34.4 Å². The van der Waals surface area contributed by atoms with E-state index in [-0.39, 0.29) is 30.0 Å². The molecule has 0 aliphatic carbocycles. The van der Waals surface area contributed by atoms with Crippen molar-refractivity contribution in [2.24, 2.45) is 12.0 Å². The molecule has 2 rings (SSSR count). The first-order chi connectivity index (χ1) is 12.4. The highest BCUT2D eigenvalue weighted by atomic mass is 127. The fourth-order valence-corrected chi connectivity index (χ4v) is 2.90. The normalized spacial score (nSPS) is 13.8. The van der Waals surface area contributed by atoms with E-state index in [9.17, 15) is 0 Å². The van der Waals surface area contributed by atoms with Crippen LogP contribution in [-0.2, 0) is 19.9 Å². The molecule has 0 bridgehead atoms. The van der Waals surface area contributed by atoms with Gasteiger partial charge in [0, 0.05) is 37.8 Å². The molecule has 2 N–H and O–H groups in total. The van der Waals surface area contributed by atoms with E-state index in [1.807, 2.05) is 23.9 Å². The summed E-state index contributed by atoms with van der Waals surface area (Å²) in [5.41, 5.74) is 3.64. The van der Waals surface area contributed by atoms with Gasteiger partial charge in [-0.3, -0.25) is 9.67 Å². The summed E-state index contributed by atoms with van der Waals surface area (Å²) in [6.45, 7) is 11.4. The van der Waals surface area contributed by atoms with Crippen molar-refractivity contribution < 1.29 is 4.42 Å². The van der Waals surface area contributed by atoms with Crippen LogP contribution < -0.4 is 10.6 Å². The molecular weight excluding hydrogens is 453 g/mol. The van der Waals surface area contributed by atoms with Crippen LogP contribution in [0.5, 0.6) is 0 Å². The summed E-state index contributed by atoms with van der Waals surface area (Å²) in [6.07, 6.45) is 4.48. The molecule has 27 heavy (non-hydrogen) atoms. The number of hydrogen-bond donors (Lipinski definition) is 2. The number of aliphatic imine (C=N–C) groups is 1. The molecule has 7 heteroatoms. The van der Waals surface area contributed by atoms with Crippen molar-refractivity contribution in [3.8, 4) is 0 Å². The highest BCUT2D eigenvalue weighted by molar-refractivity contribution is 14.0. The molecule has 0 saturated carbocycles.